The van der Waals surface area contributed by atoms with Gasteiger partial charge in [-0.2, -0.15) is 0 Å². The zero-order valence-corrected chi connectivity index (χ0v) is 13.0. The Labute approximate surface area is 142 Å². The van der Waals surface area contributed by atoms with Gasteiger partial charge in [0.25, 0.3) is 0 Å². The number of aliphatic imine (C=N–C) groups is 1. The number of rotatable bonds is 4. The highest BCUT2D eigenvalue weighted by Crippen LogP contribution is 2.44. The Kier molecular flexibility index (Phi) is 4.26. The minimum absolute atomic E-state index is 0.139. The van der Waals surface area contributed by atoms with Crippen LogP contribution in [0.15, 0.2) is 53.5 Å². The number of carbonyl (C=O) groups is 1. The first kappa shape index (κ1) is 16.4. The number of ether oxygens (including phenoxy) is 1. The number of benzene rings is 2. The Morgan fingerprint density at radius 3 is 2.67 bits per heavy atom. The fourth-order valence-electron chi connectivity index (χ4n) is 2.57. The number of carbonyl (C=O) groups excluding carboxylic acids is 1. The van der Waals surface area contributed by atoms with Crippen molar-refractivity contribution in [1.29, 1.82) is 0 Å². The predicted molar refractivity (Wildman–Crippen MR) is 82.6 cm³/mol. The van der Waals surface area contributed by atoms with Crippen LogP contribution in [0.5, 0.6) is 0 Å². The molecule has 2 aromatic carbocycles. The van der Waals surface area contributed by atoms with Crippen molar-refractivity contribution >= 4 is 23.5 Å². The second-order valence-electron chi connectivity index (χ2n) is 5.32. The molecule has 0 aromatic heterocycles. The summed E-state index contributed by atoms with van der Waals surface area (Å²) in [6.07, 6.45) is -1.65. The lowest BCUT2D eigenvalue weighted by molar-refractivity contribution is -0.304. The van der Waals surface area contributed by atoms with E-state index in [1.807, 2.05) is 0 Å². The van der Waals surface area contributed by atoms with E-state index < -0.39 is 30.0 Å². The zero-order chi connectivity index (χ0) is 17.3. The van der Waals surface area contributed by atoms with Crippen LogP contribution < -0.4 is 5.11 Å². The molecular weight excluding hydrogens is 337 g/mol. The van der Waals surface area contributed by atoms with Gasteiger partial charge in [0.15, 0.2) is 12.0 Å². The summed E-state index contributed by atoms with van der Waals surface area (Å²) in [6.45, 7) is 0. The summed E-state index contributed by atoms with van der Waals surface area (Å²) >= 11 is 5.80. The molecule has 5 nitrogen and oxygen atoms in total. The van der Waals surface area contributed by atoms with Gasteiger partial charge in [0.1, 0.15) is 5.82 Å². The zero-order valence-electron chi connectivity index (χ0n) is 12.3. The minimum atomic E-state index is -1.85. The third-order valence-electron chi connectivity index (χ3n) is 3.66. The van der Waals surface area contributed by atoms with E-state index in [4.69, 9.17) is 16.3 Å². The monoisotopic (exact) mass is 348 g/mol. The SMILES string of the molecule is O=C([O-])CC1=NC(O)(c2ccccc2)C(c2ccc(F)c(Cl)c2)O1. The Morgan fingerprint density at radius 2 is 2.04 bits per heavy atom. The standard InChI is InChI=1S/C17H13ClFNO4/c18-12-8-10(6-7-13(12)19)16-17(23,11-4-2-1-3-5-11)20-14(24-16)9-15(21)22/h1-8,16,23H,9H2,(H,21,22)/p-1. The first-order valence-electron chi connectivity index (χ1n) is 7.08. The molecule has 0 radical (unpaired) electrons. The smallest absolute Gasteiger partial charge is 0.227 e. The molecule has 0 aliphatic carbocycles. The van der Waals surface area contributed by atoms with Crippen LogP contribution in [-0.4, -0.2) is 17.0 Å². The topological polar surface area (TPSA) is 82.0 Å². The van der Waals surface area contributed by atoms with Gasteiger partial charge in [-0.05, 0) is 17.7 Å². The summed E-state index contributed by atoms with van der Waals surface area (Å²) < 4.78 is 18.9. The highest BCUT2D eigenvalue weighted by atomic mass is 35.5. The quantitative estimate of drug-likeness (QED) is 0.915. The second-order valence-corrected chi connectivity index (χ2v) is 5.73. The van der Waals surface area contributed by atoms with Crippen molar-refractivity contribution in [2.75, 3.05) is 0 Å². The number of halogens is 2. The van der Waals surface area contributed by atoms with Crippen molar-refractivity contribution in [3.05, 3.63) is 70.5 Å². The van der Waals surface area contributed by atoms with Crippen LogP contribution in [0.4, 0.5) is 4.39 Å². The molecule has 0 saturated heterocycles. The van der Waals surface area contributed by atoms with Gasteiger partial charge >= 0.3 is 0 Å². The predicted octanol–water partition coefficient (Wildman–Crippen LogP) is 1.93. The van der Waals surface area contributed by atoms with Crippen LogP contribution in [0, 0.1) is 5.82 Å². The molecule has 1 aliphatic rings. The summed E-state index contributed by atoms with van der Waals surface area (Å²) in [6, 6.07) is 12.3. The first-order valence-corrected chi connectivity index (χ1v) is 7.46. The van der Waals surface area contributed by atoms with Crippen molar-refractivity contribution < 1.29 is 24.1 Å². The molecule has 3 rings (SSSR count). The summed E-state index contributed by atoms with van der Waals surface area (Å²) in [4.78, 5) is 14.9. The van der Waals surface area contributed by atoms with E-state index >= 15 is 0 Å². The average molecular weight is 349 g/mol. The van der Waals surface area contributed by atoms with Gasteiger partial charge in [-0.1, -0.05) is 48.0 Å². The Bertz CT molecular complexity index is 811. The van der Waals surface area contributed by atoms with Crippen molar-refractivity contribution in [2.45, 2.75) is 18.2 Å². The largest absolute Gasteiger partial charge is 0.550 e. The number of carboxylic acid groups (broad SMARTS) is 1. The third-order valence-corrected chi connectivity index (χ3v) is 3.94. The Morgan fingerprint density at radius 1 is 1.33 bits per heavy atom. The molecule has 7 heteroatoms. The van der Waals surface area contributed by atoms with Gasteiger partial charge < -0.3 is 19.7 Å². The van der Waals surface area contributed by atoms with Crippen LogP contribution in [0.2, 0.25) is 5.02 Å². The molecule has 2 atom stereocenters. The number of hydrogen-bond donors (Lipinski definition) is 1. The van der Waals surface area contributed by atoms with Crippen LogP contribution >= 0.6 is 11.6 Å². The molecule has 1 N–H and O–H groups in total. The average Bonchev–Trinajstić information content (AvgIpc) is 2.88. The first-order chi connectivity index (χ1) is 11.4. The van der Waals surface area contributed by atoms with E-state index in [2.05, 4.69) is 4.99 Å². The van der Waals surface area contributed by atoms with Gasteiger partial charge in [-0.3, -0.25) is 0 Å². The molecular formula is C17H12ClFNO4-. The van der Waals surface area contributed by atoms with E-state index in [1.165, 1.54) is 12.1 Å². The van der Waals surface area contributed by atoms with E-state index in [-0.39, 0.29) is 10.9 Å². The van der Waals surface area contributed by atoms with Crippen LogP contribution in [-0.2, 0) is 15.3 Å². The fraction of sp³-hybridized carbons (Fsp3) is 0.176. The maximum atomic E-state index is 13.4. The summed E-state index contributed by atoms with van der Waals surface area (Å²) in [7, 11) is 0. The van der Waals surface area contributed by atoms with Crippen molar-refractivity contribution in [3.8, 4) is 0 Å². The molecule has 0 saturated carbocycles. The number of carboxylic acids is 1. The van der Waals surface area contributed by atoms with Crippen LogP contribution in [0.25, 0.3) is 0 Å². The Hall–Kier alpha value is -2.44. The number of nitrogens with zero attached hydrogens (tertiary/aromatic N) is 1. The van der Waals surface area contributed by atoms with Gasteiger partial charge in [0, 0.05) is 5.56 Å². The molecule has 124 valence electrons. The van der Waals surface area contributed by atoms with Crippen molar-refractivity contribution in [3.63, 3.8) is 0 Å². The molecule has 0 amide bonds. The Balaban J connectivity index is 2.06. The number of aliphatic hydroxyl groups is 1. The molecule has 0 spiro atoms. The molecule has 0 bridgehead atoms. The lowest BCUT2D eigenvalue weighted by Crippen LogP contribution is -2.29. The number of aliphatic carboxylic acids is 1. The van der Waals surface area contributed by atoms with E-state index in [0.29, 0.717) is 11.1 Å². The second kappa shape index (κ2) is 6.22. The summed E-state index contributed by atoms with van der Waals surface area (Å²) in [5.41, 5.74) is -1.08. The van der Waals surface area contributed by atoms with Crippen LogP contribution in [0.1, 0.15) is 23.7 Å². The van der Waals surface area contributed by atoms with E-state index in [1.54, 1.807) is 30.3 Å². The van der Waals surface area contributed by atoms with Gasteiger partial charge in [0.05, 0.1) is 17.4 Å². The maximum Gasteiger partial charge on any atom is 0.227 e. The molecule has 24 heavy (non-hydrogen) atoms. The molecule has 2 aromatic rings. The normalized spacial score (nSPS) is 22.8. The lowest BCUT2D eigenvalue weighted by atomic mass is 9.93. The molecule has 1 heterocycles. The van der Waals surface area contributed by atoms with Crippen molar-refractivity contribution in [2.24, 2.45) is 4.99 Å². The lowest BCUT2D eigenvalue weighted by Gasteiger charge is -2.27. The van der Waals surface area contributed by atoms with Crippen LogP contribution in [0.3, 0.4) is 0 Å². The van der Waals surface area contributed by atoms with Gasteiger partial charge in [-0.15, -0.1) is 0 Å². The van der Waals surface area contributed by atoms with E-state index in [9.17, 15) is 19.4 Å². The highest BCUT2D eigenvalue weighted by Gasteiger charge is 2.47. The van der Waals surface area contributed by atoms with Crippen molar-refractivity contribution in [1.82, 2.24) is 0 Å². The highest BCUT2D eigenvalue weighted by molar-refractivity contribution is 6.30. The third kappa shape index (κ3) is 2.98. The molecule has 1 aliphatic heterocycles. The van der Waals surface area contributed by atoms with E-state index in [0.717, 1.165) is 6.07 Å². The van der Waals surface area contributed by atoms with Gasteiger partial charge in [-0.25, -0.2) is 9.38 Å². The molecule has 2 unspecified atom stereocenters. The number of hydrogen-bond acceptors (Lipinski definition) is 5. The minimum Gasteiger partial charge on any atom is -0.550 e. The summed E-state index contributed by atoms with van der Waals surface area (Å²) in [5.74, 6) is -2.17. The summed E-state index contributed by atoms with van der Waals surface area (Å²) in [5, 5.41) is 21.7. The molecule has 0 fully saturated rings. The van der Waals surface area contributed by atoms with Gasteiger partial charge in [0.2, 0.25) is 5.72 Å². The fourth-order valence-corrected chi connectivity index (χ4v) is 2.76. The maximum absolute atomic E-state index is 13.4.